The Morgan fingerprint density at radius 3 is 3.00 bits per heavy atom. The van der Waals surface area contributed by atoms with Crippen molar-refractivity contribution in [3.8, 4) is 0 Å². The molecule has 12 heavy (non-hydrogen) atoms. The zero-order chi connectivity index (χ0) is 8.97. The van der Waals surface area contributed by atoms with Crippen LogP contribution >= 0.6 is 11.6 Å². The van der Waals surface area contributed by atoms with Gasteiger partial charge in [-0.1, -0.05) is 24.6 Å². The van der Waals surface area contributed by atoms with Crippen molar-refractivity contribution in [3.05, 3.63) is 29.0 Å². The summed E-state index contributed by atoms with van der Waals surface area (Å²) in [6.45, 7) is 2.43. The first-order chi connectivity index (χ1) is 5.74. The minimum atomic E-state index is 0.175. The van der Waals surface area contributed by atoms with Gasteiger partial charge in [-0.2, -0.15) is 0 Å². The number of rotatable bonds is 3. The van der Waals surface area contributed by atoms with E-state index >= 15 is 0 Å². The Bertz CT molecular complexity index is 255. The molecule has 0 fully saturated rings. The Labute approximate surface area is 76.5 Å². The van der Waals surface area contributed by atoms with Crippen molar-refractivity contribution in [1.82, 2.24) is 4.98 Å². The second-order valence-electron chi connectivity index (χ2n) is 2.62. The Morgan fingerprint density at radius 1 is 1.67 bits per heavy atom. The van der Waals surface area contributed by atoms with Crippen LogP contribution < -0.4 is 5.90 Å². The van der Waals surface area contributed by atoms with Crippen LogP contribution in [0.1, 0.15) is 18.5 Å². The molecule has 1 heterocycles. The summed E-state index contributed by atoms with van der Waals surface area (Å²) < 4.78 is 0. The molecule has 0 radical (unpaired) electrons. The lowest BCUT2D eigenvalue weighted by atomic mass is 10.1. The lowest BCUT2D eigenvalue weighted by molar-refractivity contribution is 0.126. The zero-order valence-electron chi connectivity index (χ0n) is 6.83. The topological polar surface area (TPSA) is 48.1 Å². The maximum Gasteiger partial charge on any atom is 0.129 e. The number of hydrogen-bond donors (Lipinski definition) is 1. The van der Waals surface area contributed by atoms with E-state index in [1.807, 2.05) is 19.1 Å². The molecule has 0 aliphatic rings. The summed E-state index contributed by atoms with van der Waals surface area (Å²) in [7, 11) is 0. The van der Waals surface area contributed by atoms with E-state index in [-0.39, 0.29) is 5.92 Å². The molecule has 0 aliphatic carbocycles. The summed E-state index contributed by atoms with van der Waals surface area (Å²) in [5, 5.41) is 0.497. The number of halogens is 1. The predicted octanol–water partition coefficient (Wildman–Crippen LogP) is 1.73. The third-order valence-corrected chi connectivity index (χ3v) is 1.80. The van der Waals surface area contributed by atoms with Gasteiger partial charge in [-0.3, -0.25) is 0 Å². The molecule has 0 amide bonds. The highest BCUT2D eigenvalue weighted by atomic mass is 35.5. The highest BCUT2D eigenvalue weighted by molar-refractivity contribution is 6.29. The third-order valence-electron chi connectivity index (χ3n) is 1.59. The first-order valence-electron chi connectivity index (χ1n) is 3.68. The normalized spacial score (nSPS) is 12.9. The van der Waals surface area contributed by atoms with Gasteiger partial charge in [0.25, 0.3) is 0 Å². The molecule has 4 heteroatoms. The molecule has 1 aromatic rings. The molecule has 0 saturated carbocycles. The summed E-state index contributed by atoms with van der Waals surface area (Å²) in [5.74, 6) is 5.12. The van der Waals surface area contributed by atoms with Crippen LogP contribution in [0.4, 0.5) is 0 Å². The molecular formula is C8H11ClN2O. The highest BCUT2D eigenvalue weighted by Crippen LogP contribution is 2.14. The van der Waals surface area contributed by atoms with Crippen molar-refractivity contribution in [2.75, 3.05) is 6.61 Å². The van der Waals surface area contributed by atoms with Crippen LogP contribution in [0.25, 0.3) is 0 Å². The zero-order valence-corrected chi connectivity index (χ0v) is 7.58. The molecular weight excluding hydrogens is 176 g/mol. The summed E-state index contributed by atoms with van der Waals surface area (Å²) in [6.07, 6.45) is 0. The van der Waals surface area contributed by atoms with Crippen LogP contribution in [0.2, 0.25) is 5.15 Å². The van der Waals surface area contributed by atoms with Gasteiger partial charge in [0.15, 0.2) is 0 Å². The van der Waals surface area contributed by atoms with E-state index in [4.69, 9.17) is 17.5 Å². The van der Waals surface area contributed by atoms with Crippen LogP contribution in [0, 0.1) is 0 Å². The van der Waals surface area contributed by atoms with Crippen LogP contribution in [0.15, 0.2) is 18.2 Å². The van der Waals surface area contributed by atoms with Gasteiger partial charge in [-0.25, -0.2) is 10.9 Å². The minimum absolute atomic E-state index is 0.175. The quantitative estimate of drug-likeness (QED) is 0.578. The maximum absolute atomic E-state index is 5.71. The fourth-order valence-electron chi connectivity index (χ4n) is 0.928. The van der Waals surface area contributed by atoms with Gasteiger partial charge in [0, 0.05) is 11.6 Å². The lowest BCUT2D eigenvalue weighted by Crippen LogP contribution is -2.09. The predicted molar refractivity (Wildman–Crippen MR) is 47.8 cm³/mol. The highest BCUT2D eigenvalue weighted by Gasteiger charge is 2.06. The molecule has 1 atom stereocenters. The number of hydrogen-bond acceptors (Lipinski definition) is 3. The number of pyridine rings is 1. The lowest BCUT2D eigenvalue weighted by Gasteiger charge is -2.08. The Morgan fingerprint density at radius 2 is 2.42 bits per heavy atom. The van der Waals surface area contributed by atoms with Crippen molar-refractivity contribution in [1.29, 1.82) is 0 Å². The van der Waals surface area contributed by atoms with Crippen LogP contribution in [0.5, 0.6) is 0 Å². The molecule has 0 spiro atoms. The largest absolute Gasteiger partial charge is 0.304 e. The van der Waals surface area contributed by atoms with Crippen molar-refractivity contribution in [3.63, 3.8) is 0 Å². The van der Waals surface area contributed by atoms with Crippen molar-refractivity contribution in [2.24, 2.45) is 5.90 Å². The number of aromatic nitrogens is 1. The monoisotopic (exact) mass is 186 g/mol. The summed E-state index contributed by atoms with van der Waals surface area (Å²) >= 11 is 5.71. The van der Waals surface area contributed by atoms with E-state index in [1.165, 1.54) is 0 Å². The van der Waals surface area contributed by atoms with Gasteiger partial charge in [0.1, 0.15) is 5.15 Å². The third kappa shape index (κ3) is 2.44. The van der Waals surface area contributed by atoms with Crippen LogP contribution in [-0.2, 0) is 4.84 Å². The van der Waals surface area contributed by atoms with Crippen molar-refractivity contribution in [2.45, 2.75) is 12.8 Å². The maximum atomic E-state index is 5.71. The average molecular weight is 187 g/mol. The molecule has 66 valence electrons. The van der Waals surface area contributed by atoms with Gasteiger partial charge in [0.2, 0.25) is 0 Å². The molecule has 2 N–H and O–H groups in total. The smallest absolute Gasteiger partial charge is 0.129 e. The van der Waals surface area contributed by atoms with E-state index in [9.17, 15) is 0 Å². The van der Waals surface area contributed by atoms with Gasteiger partial charge < -0.3 is 4.84 Å². The molecule has 3 nitrogen and oxygen atoms in total. The van der Waals surface area contributed by atoms with Crippen LogP contribution in [0.3, 0.4) is 0 Å². The number of nitrogens with two attached hydrogens (primary N) is 1. The Hall–Kier alpha value is -0.640. The minimum Gasteiger partial charge on any atom is -0.304 e. The SMILES string of the molecule is CC(CON)c1cccc(Cl)n1. The van der Waals surface area contributed by atoms with E-state index in [0.717, 1.165) is 5.69 Å². The van der Waals surface area contributed by atoms with E-state index in [2.05, 4.69) is 9.82 Å². The average Bonchev–Trinajstić information content (AvgIpc) is 2.05. The summed E-state index contributed by atoms with van der Waals surface area (Å²) in [4.78, 5) is 8.64. The van der Waals surface area contributed by atoms with Crippen molar-refractivity contribution >= 4 is 11.6 Å². The second-order valence-corrected chi connectivity index (χ2v) is 3.01. The second kappa shape index (κ2) is 4.40. The molecule has 0 saturated heterocycles. The Balaban J connectivity index is 2.73. The van der Waals surface area contributed by atoms with Crippen LogP contribution in [-0.4, -0.2) is 11.6 Å². The van der Waals surface area contributed by atoms with E-state index in [1.54, 1.807) is 6.07 Å². The molecule has 0 bridgehead atoms. The van der Waals surface area contributed by atoms with E-state index in [0.29, 0.717) is 11.8 Å². The fraction of sp³-hybridized carbons (Fsp3) is 0.375. The molecule has 1 aromatic heterocycles. The summed E-state index contributed by atoms with van der Waals surface area (Å²) in [5.41, 5.74) is 0.896. The standard InChI is InChI=1S/C8H11ClN2O/c1-6(5-12-10)7-3-2-4-8(9)11-7/h2-4,6H,5,10H2,1H3. The fourth-order valence-corrected chi connectivity index (χ4v) is 1.10. The molecule has 1 unspecified atom stereocenters. The number of nitrogens with zero attached hydrogens (tertiary/aromatic N) is 1. The van der Waals surface area contributed by atoms with Gasteiger partial charge >= 0.3 is 0 Å². The molecule has 1 rings (SSSR count). The van der Waals surface area contributed by atoms with Gasteiger partial charge in [-0.05, 0) is 12.1 Å². The van der Waals surface area contributed by atoms with Crippen molar-refractivity contribution < 1.29 is 4.84 Å². The summed E-state index contributed by atoms with van der Waals surface area (Å²) in [6, 6.07) is 5.49. The van der Waals surface area contributed by atoms with Gasteiger partial charge in [-0.15, -0.1) is 0 Å². The Kier molecular flexibility index (Phi) is 3.47. The molecule has 0 aromatic carbocycles. The molecule has 0 aliphatic heterocycles. The first kappa shape index (κ1) is 9.45. The van der Waals surface area contributed by atoms with Gasteiger partial charge in [0.05, 0.1) is 6.61 Å². The first-order valence-corrected chi connectivity index (χ1v) is 4.06. The van der Waals surface area contributed by atoms with E-state index < -0.39 is 0 Å².